The SMILES string of the molecule is CN(C)CCn1c(Nc2nc3ccc(OC(F)(F)F)cc3o2)nc2cc(C(=O)O)ccc21. The van der Waals surface area contributed by atoms with Crippen molar-refractivity contribution in [3.8, 4) is 5.75 Å². The molecule has 0 aliphatic rings. The molecule has 2 heterocycles. The van der Waals surface area contributed by atoms with E-state index in [1.54, 1.807) is 6.07 Å². The lowest BCUT2D eigenvalue weighted by Crippen LogP contribution is -2.19. The van der Waals surface area contributed by atoms with Gasteiger partial charge in [-0.3, -0.25) is 5.32 Å². The van der Waals surface area contributed by atoms with Crippen LogP contribution in [0, 0.1) is 0 Å². The van der Waals surface area contributed by atoms with E-state index in [4.69, 9.17) is 4.42 Å². The Morgan fingerprint density at radius 3 is 2.66 bits per heavy atom. The van der Waals surface area contributed by atoms with Crippen LogP contribution in [-0.2, 0) is 6.54 Å². The molecule has 0 aliphatic heterocycles. The number of fused-ring (bicyclic) bond motifs is 2. The normalized spacial score (nSPS) is 12.1. The second-order valence-electron chi connectivity index (χ2n) is 7.22. The summed E-state index contributed by atoms with van der Waals surface area (Å²) in [7, 11) is 3.83. The number of hydrogen-bond donors (Lipinski definition) is 2. The highest BCUT2D eigenvalue weighted by Crippen LogP contribution is 2.30. The topological polar surface area (TPSA) is 106 Å². The molecule has 0 aliphatic carbocycles. The molecule has 0 spiro atoms. The zero-order valence-corrected chi connectivity index (χ0v) is 17.0. The fraction of sp³-hybridized carbons (Fsp3) is 0.250. The van der Waals surface area contributed by atoms with Crippen LogP contribution in [0.1, 0.15) is 10.4 Å². The van der Waals surface area contributed by atoms with Gasteiger partial charge in [0.15, 0.2) is 5.58 Å². The van der Waals surface area contributed by atoms with E-state index in [9.17, 15) is 23.1 Å². The van der Waals surface area contributed by atoms with Gasteiger partial charge in [0.25, 0.3) is 0 Å². The molecular weight excluding hydrogens is 431 g/mol. The van der Waals surface area contributed by atoms with Crippen molar-refractivity contribution in [2.24, 2.45) is 0 Å². The molecule has 0 saturated carbocycles. The third-order valence-electron chi connectivity index (χ3n) is 4.58. The van der Waals surface area contributed by atoms with Gasteiger partial charge >= 0.3 is 18.3 Å². The van der Waals surface area contributed by atoms with Gasteiger partial charge in [-0.15, -0.1) is 13.2 Å². The number of carboxylic acid groups (broad SMARTS) is 1. The number of hydrogen-bond acceptors (Lipinski definition) is 7. The molecule has 168 valence electrons. The lowest BCUT2D eigenvalue weighted by molar-refractivity contribution is -0.274. The molecule has 0 fully saturated rings. The Hall–Kier alpha value is -3.80. The Kier molecular flexibility index (Phi) is 5.38. The van der Waals surface area contributed by atoms with Crippen molar-refractivity contribution in [2.75, 3.05) is 26.0 Å². The van der Waals surface area contributed by atoms with E-state index >= 15 is 0 Å². The van der Waals surface area contributed by atoms with Crippen molar-refractivity contribution in [2.45, 2.75) is 12.9 Å². The van der Waals surface area contributed by atoms with E-state index in [0.29, 0.717) is 35.6 Å². The number of imidazole rings is 1. The minimum Gasteiger partial charge on any atom is -0.478 e. The number of halogens is 3. The summed E-state index contributed by atoms with van der Waals surface area (Å²) < 4.78 is 48.7. The van der Waals surface area contributed by atoms with E-state index in [-0.39, 0.29) is 17.2 Å². The molecule has 0 amide bonds. The van der Waals surface area contributed by atoms with E-state index < -0.39 is 18.1 Å². The Balaban J connectivity index is 1.69. The summed E-state index contributed by atoms with van der Waals surface area (Å²) in [5, 5.41) is 12.2. The van der Waals surface area contributed by atoms with Crippen LogP contribution < -0.4 is 10.1 Å². The Labute approximate surface area is 179 Å². The van der Waals surface area contributed by atoms with Crippen LogP contribution in [0.4, 0.5) is 25.1 Å². The van der Waals surface area contributed by atoms with Crippen molar-refractivity contribution in [1.29, 1.82) is 0 Å². The molecule has 0 unspecified atom stereocenters. The Morgan fingerprint density at radius 2 is 1.97 bits per heavy atom. The van der Waals surface area contributed by atoms with E-state index in [2.05, 4.69) is 20.0 Å². The number of aromatic nitrogens is 3. The van der Waals surface area contributed by atoms with E-state index in [0.717, 1.165) is 12.1 Å². The molecule has 2 aromatic carbocycles. The number of alkyl halides is 3. The molecule has 4 aromatic rings. The van der Waals surface area contributed by atoms with Gasteiger partial charge in [-0.2, -0.15) is 4.98 Å². The van der Waals surface area contributed by atoms with Gasteiger partial charge in [-0.25, -0.2) is 9.78 Å². The largest absolute Gasteiger partial charge is 0.573 e. The lowest BCUT2D eigenvalue weighted by Gasteiger charge is -2.13. The number of benzene rings is 2. The van der Waals surface area contributed by atoms with Crippen LogP contribution in [0.5, 0.6) is 5.75 Å². The van der Waals surface area contributed by atoms with Gasteiger partial charge in [0.2, 0.25) is 5.95 Å². The summed E-state index contributed by atoms with van der Waals surface area (Å²) in [5.74, 6) is -1.14. The molecule has 0 atom stereocenters. The molecular formula is C20H18F3N5O4. The number of ether oxygens (including phenoxy) is 1. The van der Waals surface area contributed by atoms with Gasteiger partial charge in [0.05, 0.1) is 16.6 Å². The minimum absolute atomic E-state index is 0.0176. The number of nitrogens with zero attached hydrogens (tertiary/aromatic N) is 4. The van der Waals surface area contributed by atoms with Crippen molar-refractivity contribution in [1.82, 2.24) is 19.4 Å². The molecule has 32 heavy (non-hydrogen) atoms. The van der Waals surface area contributed by atoms with Gasteiger partial charge in [0, 0.05) is 19.2 Å². The number of likely N-dealkylation sites (N-methyl/N-ethyl adjacent to an activating group) is 1. The van der Waals surface area contributed by atoms with Crippen LogP contribution >= 0.6 is 0 Å². The average Bonchev–Trinajstić information content (AvgIpc) is 3.24. The fourth-order valence-corrected chi connectivity index (χ4v) is 3.14. The molecule has 0 saturated heterocycles. The highest BCUT2D eigenvalue weighted by Gasteiger charge is 2.31. The van der Waals surface area contributed by atoms with Crippen LogP contribution in [0.25, 0.3) is 22.1 Å². The molecule has 2 aromatic heterocycles. The quantitative estimate of drug-likeness (QED) is 0.435. The number of aromatic carboxylic acids is 1. The smallest absolute Gasteiger partial charge is 0.478 e. The highest BCUT2D eigenvalue weighted by atomic mass is 19.4. The van der Waals surface area contributed by atoms with Crippen LogP contribution in [-0.4, -0.2) is 57.5 Å². The predicted octanol–water partition coefficient (Wildman–Crippen LogP) is 4.08. The first-order valence-electron chi connectivity index (χ1n) is 9.41. The molecule has 9 nitrogen and oxygen atoms in total. The van der Waals surface area contributed by atoms with E-state index in [1.165, 1.54) is 18.2 Å². The number of rotatable bonds is 7. The number of oxazole rings is 1. The molecule has 2 N–H and O–H groups in total. The third-order valence-corrected chi connectivity index (χ3v) is 4.58. The van der Waals surface area contributed by atoms with Crippen molar-refractivity contribution < 1.29 is 32.2 Å². The maximum atomic E-state index is 12.5. The highest BCUT2D eigenvalue weighted by molar-refractivity contribution is 5.93. The fourth-order valence-electron chi connectivity index (χ4n) is 3.14. The average molecular weight is 449 g/mol. The Morgan fingerprint density at radius 1 is 1.19 bits per heavy atom. The second-order valence-corrected chi connectivity index (χ2v) is 7.22. The lowest BCUT2D eigenvalue weighted by atomic mass is 10.2. The number of carboxylic acids is 1. The standard InChI is InChI=1S/C20H18F3N5O4/c1-27(2)7-8-28-15-6-3-11(17(29)30)9-14(15)24-18(28)26-19-25-13-5-4-12(10-16(13)31-19)32-20(21,22)23/h3-6,9-10H,7-8H2,1-2H3,(H,29,30)(H,24,25,26). The summed E-state index contributed by atoms with van der Waals surface area (Å²) in [5.41, 5.74) is 1.68. The van der Waals surface area contributed by atoms with Gasteiger partial charge in [-0.05, 0) is 44.4 Å². The zero-order valence-electron chi connectivity index (χ0n) is 17.0. The molecule has 4 rings (SSSR count). The molecule has 12 heteroatoms. The van der Waals surface area contributed by atoms with Crippen molar-refractivity contribution >= 4 is 40.1 Å². The van der Waals surface area contributed by atoms with Gasteiger partial charge in [-0.1, -0.05) is 0 Å². The Bertz CT molecular complexity index is 1300. The first-order chi connectivity index (χ1) is 15.1. The summed E-state index contributed by atoms with van der Waals surface area (Å²) in [6, 6.07) is 8.21. The first-order valence-corrected chi connectivity index (χ1v) is 9.41. The zero-order chi connectivity index (χ0) is 23.0. The van der Waals surface area contributed by atoms with Gasteiger partial charge in [0.1, 0.15) is 11.3 Å². The number of anilines is 2. The van der Waals surface area contributed by atoms with Crippen LogP contribution in [0.15, 0.2) is 40.8 Å². The predicted molar refractivity (Wildman–Crippen MR) is 109 cm³/mol. The van der Waals surface area contributed by atoms with Crippen molar-refractivity contribution in [3.05, 3.63) is 42.0 Å². The summed E-state index contributed by atoms with van der Waals surface area (Å²) >= 11 is 0. The van der Waals surface area contributed by atoms with E-state index in [1.807, 2.05) is 23.6 Å². The minimum atomic E-state index is -4.82. The molecule has 0 bridgehead atoms. The summed E-state index contributed by atoms with van der Waals surface area (Å²) in [6.07, 6.45) is -4.82. The maximum Gasteiger partial charge on any atom is 0.573 e. The summed E-state index contributed by atoms with van der Waals surface area (Å²) in [6.45, 7) is 1.20. The third kappa shape index (κ3) is 4.59. The maximum absolute atomic E-state index is 12.5. The van der Waals surface area contributed by atoms with Gasteiger partial charge < -0.3 is 23.7 Å². The summed E-state index contributed by atoms with van der Waals surface area (Å²) in [4.78, 5) is 22.0. The number of carbonyl (C=O) groups is 1. The monoisotopic (exact) mass is 449 g/mol. The molecule has 0 radical (unpaired) electrons. The second kappa shape index (κ2) is 8.04. The number of nitrogens with one attached hydrogen (secondary N) is 1. The van der Waals surface area contributed by atoms with Crippen molar-refractivity contribution in [3.63, 3.8) is 0 Å². The van der Waals surface area contributed by atoms with Crippen LogP contribution in [0.2, 0.25) is 0 Å². The van der Waals surface area contributed by atoms with Crippen LogP contribution in [0.3, 0.4) is 0 Å². The first kappa shape index (κ1) is 21.4.